The van der Waals surface area contributed by atoms with Crippen LogP contribution in [0.1, 0.15) is 18.6 Å². The van der Waals surface area contributed by atoms with Gasteiger partial charge in [0.2, 0.25) is 0 Å². The van der Waals surface area contributed by atoms with Crippen molar-refractivity contribution in [1.29, 1.82) is 0 Å². The quantitative estimate of drug-likeness (QED) is 0.366. The summed E-state index contributed by atoms with van der Waals surface area (Å²) >= 11 is 12.6. The summed E-state index contributed by atoms with van der Waals surface area (Å²) in [7, 11) is 0. The summed E-state index contributed by atoms with van der Waals surface area (Å²) in [6.45, 7) is 4.72. The van der Waals surface area contributed by atoms with Crippen LogP contribution in [0.15, 0.2) is 48.9 Å². The van der Waals surface area contributed by atoms with Crippen LogP contribution in [0, 0.1) is 5.41 Å². The fourth-order valence-corrected chi connectivity index (χ4v) is 5.77. The minimum atomic E-state index is -0.847. The molecule has 2 N–H and O–H groups in total. The SMILES string of the molecule is CC(Oc1ccc2[nH]nc(-c3ccc(N4CC5(CN(C(=O)O)C5)C4)nc3)c2c1)c1c(Cl)cncc1Cl. The van der Waals surface area contributed by atoms with E-state index < -0.39 is 6.09 Å². The van der Waals surface area contributed by atoms with Crippen LogP contribution in [0.5, 0.6) is 5.75 Å². The number of likely N-dealkylation sites (tertiary alicyclic amines) is 1. The Kier molecular flexibility index (Phi) is 5.42. The van der Waals surface area contributed by atoms with Gasteiger partial charge in [-0.3, -0.25) is 10.1 Å². The number of ether oxygens (including phenoxy) is 1. The second-order valence-electron chi connectivity index (χ2n) is 9.46. The fourth-order valence-electron chi connectivity index (χ4n) is 5.10. The molecule has 1 atom stereocenters. The van der Waals surface area contributed by atoms with Gasteiger partial charge in [-0.05, 0) is 37.3 Å². The number of aromatic nitrogens is 4. The van der Waals surface area contributed by atoms with Crippen molar-refractivity contribution in [3.8, 4) is 17.0 Å². The predicted octanol–water partition coefficient (Wildman–Crippen LogP) is 5.27. The summed E-state index contributed by atoms with van der Waals surface area (Å²) in [5.41, 5.74) is 3.30. The molecule has 2 aliphatic heterocycles. The molecule has 11 heteroatoms. The Labute approximate surface area is 216 Å². The summed E-state index contributed by atoms with van der Waals surface area (Å²) in [6, 6.07) is 9.71. The zero-order valence-electron chi connectivity index (χ0n) is 19.3. The number of pyridine rings is 2. The van der Waals surface area contributed by atoms with E-state index in [1.165, 1.54) is 4.90 Å². The Bertz CT molecular complexity index is 1440. The summed E-state index contributed by atoms with van der Waals surface area (Å²) < 4.78 is 6.16. The molecule has 0 saturated carbocycles. The molecule has 1 unspecified atom stereocenters. The zero-order chi connectivity index (χ0) is 25.0. The molecule has 184 valence electrons. The predicted molar refractivity (Wildman–Crippen MR) is 137 cm³/mol. The lowest BCUT2D eigenvalue weighted by Gasteiger charge is -2.59. The molecular formula is C25H22Cl2N6O3. The van der Waals surface area contributed by atoms with Crippen molar-refractivity contribution in [2.24, 2.45) is 5.41 Å². The summed E-state index contributed by atoms with van der Waals surface area (Å²) in [6.07, 6.45) is 3.69. The van der Waals surface area contributed by atoms with E-state index in [9.17, 15) is 4.79 Å². The van der Waals surface area contributed by atoms with Crippen LogP contribution >= 0.6 is 23.2 Å². The molecule has 0 bridgehead atoms. The number of carboxylic acid groups (broad SMARTS) is 1. The maximum atomic E-state index is 11.0. The number of halogens is 2. The fraction of sp³-hybridized carbons (Fsp3) is 0.280. The van der Waals surface area contributed by atoms with E-state index in [2.05, 4.69) is 25.1 Å². The molecule has 2 aliphatic rings. The van der Waals surface area contributed by atoms with Crippen LogP contribution in [0.3, 0.4) is 0 Å². The average molecular weight is 525 g/mol. The third-order valence-electron chi connectivity index (χ3n) is 6.86. The van der Waals surface area contributed by atoms with Gasteiger partial charge in [0.1, 0.15) is 23.4 Å². The van der Waals surface area contributed by atoms with Crippen LogP contribution < -0.4 is 9.64 Å². The number of rotatable bonds is 5. The maximum absolute atomic E-state index is 11.0. The first-order valence-electron chi connectivity index (χ1n) is 11.4. The maximum Gasteiger partial charge on any atom is 0.407 e. The van der Waals surface area contributed by atoms with Gasteiger partial charge < -0.3 is 19.6 Å². The van der Waals surface area contributed by atoms with E-state index in [0.29, 0.717) is 34.4 Å². The number of H-pyrrole nitrogens is 1. The molecule has 0 aliphatic carbocycles. The lowest BCUT2D eigenvalue weighted by molar-refractivity contribution is -0.00974. The van der Waals surface area contributed by atoms with Crippen molar-refractivity contribution in [1.82, 2.24) is 25.1 Å². The number of carbonyl (C=O) groups is 1. The molecule has 5 heterocycles. The van der Waals surface area contributed by atoms with Gasteiger partial charge in [0.05, 0.1) is 15.6 Å². The number of amides is 1. The normalized spacial score (nSPS) is 17.1. The summed E-state index contributed by atoms with van der Waals surface area (Å²) in [5, 5.41) is 18.5. The highest BCUT2D eigenvalue weighted by atomic mass is 35.5. The Hall–Kier alpha value is -3.56. The van der Waals surface area contributed by atoms with Crippen LogP contribution in [-0.4, -0.2) is 62.4 Å². The highest BCUT2D eigenvalue weighted by Gasteiger charge is 2.53. The number of anilines is 1. The number of benzene rings is 1. The molecule has 0 radical (unpaired) electrons. The summed E-state index contributed by atoms with van der Waals surface area (Å²) in [4.78, 5) is 23.3. The molecule has 1 aromatic carbocycles. The molecule has 2 fully saturated rings. The number of nitrogens with one attached hydrogen (secondary N) is 1. The lowest BCUT2D eigenvalue weighted by Crippen LogP contribution is -2.73. The van der Waals surface area contributed by atoms with E-state index in [1.807, 2.05) is 43.5 Å². The molecular weight excluding hydrogens is 503 g/mol. The Morgan fingerprint density at radius 2 is 1.86 bits per heavy atom. The van der Waals surface area contributed by atoms with Gasteiger partial charge in [0.25, 0.3) is 0 Å². The van der Waals surface area contributed by atoms with Gasteiger partial charge in [0, 0.05) is 66.7 Å². The van der Waals surface area contributed by atoms with Gasteiger partial charge in [-0.2, -0.15) is 5.10 Å². The minimum Gasteiger partial charge on any atom is -0.486 e. The molecule has 1 amide bonds. The summed E-state index contributed by atoms with van der Waals surface area (Å²) in [5.74, 6) is 1.54. The third kappa shape index (κ3) is 3.88. The molecule has 2 saturated heterocycles. The van der Waals surface area contributed by atoms with Crippen LogP contribution in [0.2, 0.25) is 10.0 Å². The van der Waals surface area contributed by atoms with Crippen LogP contribution in [0.25, 0.3) is 22.2 Å². The van der Waals surface area contributed by atoms with Crippen molar-refractivity contribution in [3.05, 3.63) is 64.5 Å². The van der Waals surface area contributed by atoms with Crippen LogP contribution in [-0.2, 0) is 0 Å². The first kappa shape index (κ1) is 22.9. The standard InChI is InChI=1S/C25H22Cl2N6O3/c1-14(22-18(26)8-28-9-19(22)27)36-16-3-4-20-17(6-16)23(31-30-20)15-2-5-21(29-7-15)32-10-25(11-32)12-33(13-25)24(34)35/h2-9,14H,10-13H2,1H3,(H,30,31)(H,34,35). The van der Waals surface area contributed by atoms with E-state index in [0.717, 1.165) is 41.1 Å². The van der Waals surface area contributed by atoms with Gasteiger partial charge in [-0.25, -0.2) is 9.78 Å². The molecule has 4 aromatic rings. The van der Waals surface area contributed by atoms with E-state index in [1.54, 1.807) is 12.4 Å². The highest BCUT2D eigenvalue weighted by Crippen LogP contribution is 2.41. The topological polar surface area (TPSA) is 107 Å². The van der Waals surface area contributed by atoms with E-state index >= 15 is 0 Å². The van der Waals surface area contributed by atoms with Crippen molar-refractivity contribution in [3.63, 3.8) is 0 Å². The van der Waals surface area contributed by atoms with E-state index in [4.69, 9.17) is 33.0 Å². The second-order valence-corrected chi connectivity index (χ2v) is 10.3. The van der Waals surface area contributed by atoms with Crippen molar-refractivity contribution in [2.45, 2.75) is 13.0 Å². The Balaban J connectivity index is 1.18. The molecule has 6 rings (SSSR count). The minimum absolute atomic E-state index is 0.0788. The van der Waals surface area contributed by atoms with Crippen molar-refractivity contribution < 1.29 is 14.6 Å². The Morgan fingerprint density at radius 1 is 1.11 bits per heavy atom. The number of aromatic amines is 1. The Morgan fingerprint density at radius 3 is 2.53 bits per heavy atom. The lowest BCUT2D eigenvalue weighted by atomic mass is 9.73. The van der Waals surface area contributed by atoms with Gasteiger partial charge in [-0.1, -0.05) is 23.2 Å². The number of hydrogen-bond donors (Lipinski definition) is 2. The van der Waals surface area contributed by atoms with E-state index in [-0.39, 0.29) is 11.5 Å². The molecule has 9 nitrogen and oxygen atoms in total. The zero-order valence-corrected chi connectivity index (χ0v) is 20.8. The number of hydrogen-bond acceptors (Lipinski definition) is 6. The number of fused-ring (bicyclic) bond motifs is 1. The molecule has 1 spiro atoms. The van der Waals surface area contributed by atoms with Crippen LogP contribution in [0.4, 0.5) is 10.6 Å². The van der Waals surface area contributed by atoms with Gasteiger partial charge in [0.15, 0.2) is 0 Å². The smallest absolute Gasteiger partial charge is 0.407 e. The second kappa shape index (κ2) is 8.53. The molecule has 3 aromatic heterocycles. The average Bonchev–Trinajstić information content (AvgIpc) is 3.20. The highest BCUT2D eigenvalue weighted by molar-refractivity contribution is 6.35. The molecule has 36 heavy (non-hydrogen) atoms. The first-order valence-corrected chi connectivity index (χ1v) is 12.2. The number of nitrogens with zero attached hydrogens (tertiary/aromatic N) is 5. The van der Waals surface area contributed by atoms with Gasteiger partial charge in [-0.15, -0.1) is 0 Å². The monoisotopic (exact) mass is 524 g/mol. The van der Waals surface area contributed by atoms with Crippen molar-refractivity contribution >= 4 is 46.0 Å². The third-order valence-corrected chi connectivity index (χ3v) is 7.47. The van der Waals surface area contributed by atoms with Crippen molar-refractivity contribution in [2.75, 3.05) is 31.1 Å². The largest absolute Gasteiger partial charge is 0.486 e. The first-order chi connectivity index (χ1) is 17.3. The van der Waals surface area contributed by atoms with Gasteiger partial charge >= 0.3 is 6.09 Å².